The van der Waals surface area contributed by atoms with Gasteiger partial charge in [-0.1, -0.05) is 24.3 Å². The minimum atomic E-state index is -0.366. The summed E-state index contributed by atoms with van der Waals surface area (Å²) in [5, 5.41) is 3.43. The number of rotatable bonds is 10. The molecule has 0 heterocycles. The van der Waals surface area contributed by atoms with Crippen LogP contribution in [-0.4, -0.2) is 26.9 Å². The fourth-order valence-electron chi connectivity index (χ4n) is 3.13. The van der Waals surface area contributed by atoms with Gasteiger partial charge in [-0.25, -0.2) is 4.39 Å². The van der Waals surface area contributed by atoms with E-state index >= 15 is 0 Å². The van der Waals surface area contributed by atoms with Gasteiger partial charge in [0.25, 0.3) is 0 Å². The lowest BCUT2D eigenvalue weighted by Crippen LogP contribution is -2.33. The predicted octanol–water partition coefficient (Wildman–Crippen LogP) is 4.49. The van der Waals surface area contributed by atoms with Crippen LogP contribution in [0.1, 0.15) is 37.0 Å². The quantitative estimate of drug-likeness (QED) is 0.666. The van der Waals surface area contributed by atoms with Crippen LogP contribution in [0, 0.1) is 11.7 Å². The van der Waals surface area contributed by atoms with Crippen molar-refractivity contribution in [2.75, 3.05) is 20.8 Å². The molecule has 2 atom stereocenters. The van der Waals surface area contributed by atoms with E-state index in [9.17, 15) is 4.39 Å². The topological polar surface area (TPSA) is 39.7 Å². The van der Waals surface area contributed by atoms with Crippen molar-refractivity contribution in [3.05, 3.63) is 59.4 Å². The van der Waals surface area contributed by atoms with Gasteiger partial charge in [-0.3, -0.25) is 0 Å². The van der Waals surface area contributed by atoms with Crippen LogP contribution >= 0.6 is 0 Å². The third-order valence-corrected chi connectivity index (χ3v) is 4.95. The van der Waals surface area contributed by atoms with Crippen LogP contribution in [-0.2, 0) is 11.3 Å². The van der Waals surface area contributed by atoms with Gasteiger partial charge in [-0.05, 0) is 49.4 Å². The van der Waals surface area contributed by atoms with Crippen molar-refractivity contribution in [1.29, 1.82) is 0 Å². The molecule has 0 saturated heterocycles. The van der Waals surface area contributed by atoms with E-state index in [2.05, 4.69) is 5.32 Å². The number of benzene rings is 2. The molecular formula is C22H28FNO3. The average molecular weight is 373 g/mol. The highest BCUT2D eigenvalue weighted by molar-refractivity contribution is 5.43. The van der Waals surface area contributed by atoms with E-state index in [1.807, 2.05) is 31.2 Å². The summed E-state index contributed by atoms with van der Waals surface area (Å²) in [6.07, 6.45) is 2.13. The van der Waals surface area contributed by atoms with Crippen LogP contribution in [0.2, 0.25) is 0 Å². The lowest BCUT2D eigenvalue weighted by atomic mass is 10.0. The minimum Gasteiger partial charge on any atom is -0.493 e. The summed E-state index contributed by atoms with van der Waals surface area (Å²) < 4.78 is 31.0. The van der Waals surface area contributed by atoms with Gasteiger partial charge in [0.1, 0.15) is 5.82 Å². The molecule has 1 saturated carbocycles. The second-order valence-electron chi connectivity index (χ2n) is 7.09. The molecule has 4 nitrogen and oxygen atoms in total. The van der Waals surface area contributed by atoms with Gasteiger partial charge in [0, 0.05) is 25.3 Å². The van der Waals surface area contributed by atoms with Gasteiger partial charge in [0.15, 0.2) is 11.5 Å². The fourth-order valence-corrected chi connectivity index (χ4v) is 3.13. The van der Waals surface area contributed by atoms with E-state index in [-0.39, 0.29) is 18.0 Å². The molecule has 0 amide bonds. The van der Waals surface area contributed by atoms with E-state index in [0.29, 0.717) is 18.0 Å². The standard InChI is InChI=1S/C22H28FNO3/c1-15(22(26-3)18-6-4-5-7-19(18)23)24-13-17-10-11-20(25-2)21(12-17)27-14-16-8-9-16/h4-7,10-12,15-16,22,24H,8-9,13-14H2,1-3H3/t15-,22+/m0/s1. The summed E-state index contributed by atoms with van der Waals surface area (Å²) in [6, 6.07) is 12.6. The normalized spacial score (nSPS) is 16.0. The first-order valence-corrected chi connectivity index (χ1v) is 9.42. The van der Waals surface area contributed by atoms with Crippen molar-refractivity contribution in [1.82, 2.24) is 5.32 Å². The van der Waals surface area contributed by atoms with Crippen LogP contribution < -0.4 is 14.8 Å². The molecule has 0 aliphatic heterocycles. The average Bonchev–Trinajstić information content (AvgIpc) is 3.51. The van der Waals surface area contributed by atoms with E-state index in [4.69, 9.17) is 14.2 Å². The van der Waals surface area contributed by atoms with Gasteiger partial charge in [-0.2, -0.15) is 0 Å². The van der Waals surface area contributed by atoms with Gasteiger partial charge in [0.2, 0.25) is 0 Å². The molecule has 1 aliphatic carbocycles. The number of methoxy groups -OCH3 is 2. The molecule has 2 aromatic carbocycles. The zero-order valence-corrected chi connectivity index (χ0v) is 16.2. The largest absolute Gasteiger partial charge is 0.493 e. The van der Waals surface area contributed by atoms with Gasteiger partial charge < -0.3 is 19.5 Å². The summed E-state index contributed by atoms with van der Waals surface area (Å²) in [5.41, 5.74) is 1.64. The SMILES string of the molecule is COc1ccc(CN[C@@H](C)[C@@H](OC)c2ccccc2F)cc1OCC1CC1. The van der Waals surface area contributed by atoms with Crippen molar-refractivity contribution >= 4 is 0 Å². The van der Waals surface area contributed by atoms with Crippen molar-refractivity contribution in [3.8, 4) is 11.5 Å². The van der Waals surface area contributed by atoms with E-state index in [1.54, 1.807) is 26.4 Å². The molecule has 1 fully saturated rings. The second-order valence-corrected chi connectivity index (χ2v) is 7.09. The Morgan fingerprint density at radius 3 is 2.56 bits per heavy atom. The zero-order chi connectivity index (χ0) is 19.2. The summed E-state index contributed by atoms with van der Waals surface area (Å²) in [4.78, 5) is 0. The van der Waals surface area contributed by atoms with Gasteiger partial charge in [0.05, 0.1) is 19.8 Å². The Kier molecular flexibility index (Phi) is 6.69. The fraction of sp³-hybridized carbons (Fsp3) is 0.455. The van der Waals surface area contributed by atoms with Crippen molar-refractivity contribution in [3.63, 3.8) is 0 Å². The number of nitrogens with one attached hydrogen (secondary N) is 1. The van der Waals surface area contributed by atoms with Crippen LogP contribution in [0.3, 0.4) is 0 Å². The monoisotopic (exact) mass is 373 g/mol. The maximum atomic E-state index is 14.1. The Morgan fingerprint density at radius 2 is 1.89 bits per heavy atom. The van der Waals surface area contributed by atoms with Crippen molar-refractivity contribution in [2.45, 2.75) is 38.5 Å². The number of hydrogen-bond acceptors (Lipinski definition) is 4. The molecule has 2 aromatic rings. The minimum absolute atomic E-state index is 0.0650. The Bertz CT molecular complexity index is 748. The molecule has 27 heavy (non-hydrogen) atoms. The first-order valence-electron chi connectivity index (χ1n) is 9.42. The second kappa shape index (κ2) is 9.20. The highest BCUT2D eigenvalue weighted by atomic mass is 19.1. The van der Waals surface area contributed by atoms with Gasteiger partial charge in [-0.15, -0.1) is 0 Å². The summed E-state index contributed by atoms with van der Waals surface area (Å²) in [5.74, 6) is 1.94. The third kappa shape index (κ3) is 5.21. The Balaban J connectivity index is 1.64. The molecule has 0 bridgehead atoms. The molecule has 1 aliphatic rings. The molecule has 0 radical (unpaired) electrons. The van der Waals surface area contributed by atoms with Crippen LogP contribution in [0.5, 0.6) is 11.5 Å². The van der Waals surface area contributed by atoms with Gasteiger partial charge >= 0.3 is 0 Å². The van der Waals surface area contributed by atoms with Crippen molar-refractivity contribution in [2.24, 2.45) is 5.92 Å². The predicted molar refractivity (Wildman–Crippen MR) is 104 cm³/mol. The molecule has 1 N–H and O–H groups in total. The van der Waals surface area contributed by atoms with Crippen LogP contribution in [0.25, 0.3) is 0 Å². The van der Waals surface area contributed by atoms with E-state index in [1.165, 1.54) is 18.9 Å². The lowest BCUT2D eigenvalue weighted by Gasteiger charge is -2.25. The summed E-state index contributed by atoms with van der Waals surface area (Å²) in [7, 11) is 3.25. The maximum Gasteiger partial charge on any atom is 0.161 e. The molecule has 146 valence electrons. The van der Waals surface area contributed by atoms with Crippen LogP contribution in [0.15, 0.2) is 42.5 Å². The van der Waals surface area contributed by atoms with Crippen LogP contribution in [0.4, 0.5) is 4.39 Å². The lowest BCUT2D eigenvalue weighted by molar-refractivity contribution is 0.0700. The van der Waals surface area contributed by atoms with Crippen molar-refractivity contribution < 1.29 is 18.6 Å². The third-order valence-electron chi connectivity index (χ3n) is 4.95. The Labute approximate surface area is 160 Å². The Morgan fingerprint density at radius 1 is 1.11 bits per heavy atom. The molecule has 0 spiro atoms. The highest BCUT2D eigenvalue weighted by Crippen LogP contribution is 2.33. The smallest absolute Gasteiger partial charge is 0.161 e. The van der Waals surface area contributed by atoms with E-state index < -0.39 is 0 Å². The number of halogens is 1. The highest BCUT2D eigenvalue weighted by Gasteiger charge is 2.23. The maximum absolute atomic E-state index is 14.1. The molecular weight excluding hydrogens is 345 g/mol. The zero-order valence-electron chi connectivity index (χ0n) is 16.2. The first-order chi connectivity index (χ1) is 13.1. The summed E-state index contributed by atoms with van der Waals surface area (Å²) in [6.45, 7) is 3.36. The number of hydrogen-bond donors (Lipinski definition) is 1. The summed E-state index contributed by atoms with van der Waals surface area (Å²) >= 11 is 0. The van der Waals surface area contributed by atoms with E-state index in [0.717, 1.165) is 23.7 Å². The number of ether oxygens (including phenoxy) is 3. The molecule has 0 aromatic heterocycles. The molecule has 0 unspecified atom stereocenters. The molecule has 5 heteroatoms. The first kappa shape index (κ1) is 19.6. The Hall–Kier alpha value is -2.11. The molecule has 3 rings (SSSR count).